The predicted molar refractivity (Wildman–Crippen MR) is 117 cm³/mol. The van der Waals surface area contributed by atoms with E-state index in [1.807, 2.05) is 56.0 Å². The van der Waals surface area contributed by atoms with E-state index in [-0.39, 0.29) is 11.8 Å². The van der Waals surface area contributed by atoms with Gasteiger partial charge in [-0.2, -0.15) is 0 Å². The summed E-state index contributed by atoms with van der Waals surface area (Å²) in [5.41, 5.74) is 1.09. The van der Waals surface area contributed by atoms with Crippen molar-refractivity contribution in [3.8, 4) is 0 Å². The fourth-order valence-corrected chi connectivity index (χ4v) is 4.22. The second kappa shape index (κ2) is 11.8. The lowest BCUT2D eigenvalue weighted by Crippen LogP contribution is -2.50. The summed E-state index contributed by atoms with van der Waals surface area (Å²) in [6, 6.07) is 10.2. The van der Waals surface area contributed by atoms with Gasteiger partial charge in [0.25, 0.3) is 0 Å². The van der Waals surface area contributed by atoms with Gasteiger partial charge in [-0.05, 0) is 25.3 Å². The van der Waals surface area contributed by atoms with E-state index in [1.54, 1.807) is 0 Å². The maximum Gasteiger partial charge on any atom is 0.225 e. The van der Waals surface area contributed by atoms with Crippen LogP contribution in [-0.4, -0.2) is 58.9 Å². The fraction of sp³-hybridized carbons (Fsp3) is 0.619. The molecule has 28 heavy (non-hydrogen) atoms. The molecule has 1 fully saturated rings. The van der Waals surface area contributed by atoms with E-state index >= 15 is 0 Å². The number of nitrogens with zero attached hydrogens (tertiary/aromatic N) is 2. The number of likely N-dealkylation sites (tertiary alicyclic amines) is 1. The maximum atomic E-state index is 12.3. The smallest absolute Gasteiger partial charge is 0.225 e. The highest BCUT2D eigenvalue weighted by Crippen LogP contribution is 2.13. The highest BCUT2D eigenvalue weighted by molar-refractivity contribution is 7.84. The van der Waals surface area contributed by atoms with E-state index in [1.165, 1.54) is 0 Å². The van der Waals surface area contributed by atoms with Gasteiger partial charge in [0.1, 0.15) is 0 Å². The van der Waals surface area contributed by atoms with Crippen LogP contribution >= 0.6 is 0 Å². The average Bonchev–Trinajstić information content (AvgIpc) is 2.69. The molecule has 0 aromatic heterocycles. The monoisotopic (exact) mass is 406 g/mol. The van der Waals surface area contributed by atoms with Gasteiger partial charge >= 0.3 is 0 Å². The van der Waals surface area contributed by atoms with Gasteiger partial charge in [-0.3, -0.25) is 14.0 Å². The van der Waals surface area contributed by atoms with Gasteiger partial charge in [-0.1, -0.05) is 44.2 Å². The molecule has 1 aromatic rings. The SMILES string of the molecule is CCNC(=NCCS(=O)Cc1ccccc1)NC1CCN(C(=O)C(C)C)CC1. The third kappa shape index (κ3) is 7.62. The molecule has 7 heteroatoms. The fourth-order valence-electron chi connectivity index (χ4n) is 3.21. The lowest BCUT2D eigenvalue weighted by Gasteiger charge is -2.34. The van der Waals surface area contributed by atoms with E-state index in [4.69, 9.17) is 0 Å². The summed E-state index contributed by atoms with van der Waals surface area (Å²) < 4.78 is 12.3. The Morgan fingerprint density at radius 3 is 2.54 bits per heavy atom. The molecule has 0 saturated carbocycles. The Morgan fingerprint density at radius 2 is 1.93 bits per heavy atom. The van der Waals surface area contributed by atoms with E-state index in [0.29, 0.717) is 24.1 Å². The van der Waals surface area contributed by atoms with Gasteiger partial charge in [0.15, 0.2) is 5.96 Å². The largest absolute Gasteiger partial charge is 0.357 e. The van der Waals surface area contributed by atoms with E-state index in [0.717, 1.165) is 44.0 Å². The van der Waals surface area contributed by atoms with Crippen LogP contribution in [0, 0.1) is 5.92 Å². The lowest BCUT2D eigenvalue weighted by molar-refractivity contribution is -0.135. The number of carbonyl (C=O) groups excluding carboxylic acids is 1. The van der Waals surface area contributed by atoms with Crippen molar-refractivity contribution in [2.45, 2.75) is 45.4 Å². The van der Waals surface area contributed by atoms with E-state index in [9.17, 15) is 9.00 Å². The van der Waals surface area contributed by atoms with Crippen LogP contribution in [0.3, 0.4) is 0 Å². The number of piperidine rings is 1. The van der Waals surface area contributed by atoms with Crippen molar-refractivity contribution >= 4 is 22.7 Å². The first-order chi connectivity index (χ1) is 13.5. The first-order valence-electron chi connectivity index (χ1n) is 10.2. The zero-order chi connectivity index (χ0) is 20.4. The average molecular weight is 407 g/mol. The standard InChI is InChI=1S/C21H34N4O2S/c1-4-22-21(23-12-15-28(27)16-18-8-6-5-7-9-18)24-19-10-13-25(14-11-19)20(26)17(2)3/h5-9,17,19H,4,10-16H2,1-3H3,(H2,22,23,24). The molecule has 2 rings (SSSR count). The molecule has 1 unspecified atom stereocenters. The predicted octanol–water partition coefficient (Wildman–Crippen LogP) is 2.14. The Morgan fingerprint density at radius 1 is 1.25 bits per heavy atom. The molecule has 1 amide bonds. The van der Waals surface area contributed by atoms with Gasteiger partial charge in [0.05, 0.1) is 6.54 Å². The second-order valence-corrected chi connectivity index (χ2v) is 9.01. The number of hydrogen-bond donors (Lipinski definition) is 2. The Hall–Kier alpha value is -1.89. The van der Waals surface area contributed by atoms with Crippen LogP contribution in [0.15, 0.2) is 35.3 Å². The molecular formula is C21H34N4O2S. The molecule has 0 aliphatic carbocycles. The Bertz CT molecular complexity index is 656. The van der Waals surface area contributed by atoms with Crippen LogP contribution in [0.4, 0.5) is 0 Å². The van der Waals surface area contributed by atoms with Crippen molar-refractivity contribution in [1.29, 1.82) is 0 Å². The lowest BCUT2D eigenvalue weighted by atomic mass is 10.0. The molecule has 1 saturated heterocycles. The van der Waals surface area contributed by atoms with Crippen LogP contribution in [0.25, 0.3) is 0 Å². The molecule has 1 aliphatic heterocycles. The molecule has 0 radical (unpaired) electrons. The first-order valence-corrected chi connectivity index (χ1v) is 11.7. The van der Waals surface area contributed by atoms with Gasteiger partial charge < -0.3 is 15.5 Å². The third-order valence-corrected chi connectivity index (χ3v) is 6.04. The van der Waals surface area contributed by atoms with Crippen LogP contribution in [0.1, 0.15) is 39.2 Å². The van der Waals surface area contributed by atoms with Gasteiger partial charge in [-0.25, -0.2) is 0 Å². The normalized spacial score (nSPS) is 16.9. The van der Waals surface area contributed by atoms with Gasteiger partial charge in [0, 0.05) is 53.9 Å². The molecule has 2 N–H and O–H groups in total. The molecule has 1 heterocycles. The number of hydrogen-bond acceptors (Lipinski definition) is 3. The number of amides is 1. The number of carbonyl (C=O) groups is 1. The van der Waals surface area contributed by atoms with E-state index < -0.39 is 10.8 Å². The number of aliphatic imine (C=N–C) groups is 1. The van der Waals surface area contributed by atoms with Crippen LogP contribution < -0.4 is 10.6 Å². The quantitative estimate of drug-likeness (QED) is 0.512. The van der Waals surface area contributed by atoms with Crippen LogP contribution in [0.5, 0.6) is 0 Å². The Kier molecular flexibility index (Phi) is 9.47. The molecule has 156 valence electrons. The number of rotatable bonds is 8. The van der Waals surface area contributed by atoms with Crippen molar-refractivity contribution in [3.63, 3.8) is 0 Å². The Labute approximate surface area is 171 Å². The van der Waals surface area contributed by atoms with Crippen molar-refractivity contribution in [2.75, 3.05) is 31.9 Å². The highest BCUT2D eigenvalue weighted by atomic mass is 32.2. The van der Waals surface area contributed by atoms with Crippen molar-refractivity contribution < 1.29 is 9.00 Å². The topological polar surface area (TPSA) is 73.8 Å². The van der Waals surface area contributed by atoms with Gasteiger partial charge in [-0.15, -0.1) is 0 Å². The molecule has 6 nitrogen and oxygen atoms in total. The minimum atomic E-state index is -0.919. The molecule has 1 aromatic carbocycles. The molecular weight excluding hydrogens is 372 g/mol. The van der Waals surface area contributed by atoms with Crippen molar-refractivity contribution in [1.82, 2.24) is 15.5 Å². The summed E-state index contributed by atoms with van der Waals surface area (Å²) in [5.74, 6) is 2.18. The zero-order valence-corrected chi connectivity index (χ0v) is 18.1. The third-order valence-electron chi connectivity index (χ3n) is 4.74. The Balaban J connectivity index is 1.77. The number of benzene rings is 1. The van der Waals surface area contributed by atoms with Crippen LogP contribution in [0.2, 0.25) is 0 Å². The summed E-state index contributed by atoms with van der Waals surface area (Å²) in [4.78, 5) is 18.7. The molecule has 1 aliphatic rings. The van der Waals surface area contributed by atoms with Gasteiger partial charge in [0.2, 0.25) is 5.91 Å². The van der Waals surface area contributed by atoms with E-state index in [2.05, 4.69) is 15.6 Å². The van der Waals surface area contributed by atoms with Crippen molar-refractivity contribution in [3.05, 3.63) is 35.9 Å². The highest BCUT2D eigenvalue weighted by Gasteiger charge is 2.24. The summed E-state index contributed by atoms with van der Waals surface area (Å²) in [6.07, 6.45) is 1.84. The minimum Gasteiger partial charge on any atom is -0.357 e. The van der Waals surface area contributed by atoms with Crippen LogP contribution in [-0.2, 0) is 21.3 Å². The van der Waals surface area contributed by atoms with Crippen molar-refractivity contribution in [2.24, 2.45) is 10.9 Å². The minimum absolute atomic E-state index is 0.0557. The second-order valence-electron chi connectivity index (χ2n) is 7.43. The number of guanidine groups is 1. The summed E-state index contributed by atoms with van der Waals surface area (Å²) in [7, 11) is -0.919. The first kappa shape index (κ1) is 22.4. The maximum absolute atomic E-state index is 12.3. The molecule has 0 spiro atoms. The summed E-state index contributed by atoms with van der Waals surface area (Å²) in [5, 5.41) is 6.74. The summed E-state index contributed by atoms with van der Waals surface area (Å²) >= 11 is 0. The molecule has 1 atom stereocenters. The number of nitrogens with one attached hydrogen (secondary N) is 2. The molecule has 0 bridgehead atoms. The summed E-state index contributed by atoms with van der Waals surface area (Å²) in [6.45, 7) is 8.82. The zero-order valence-electron chi connectivity index (χ0n) is 17.3.